The van der Waals surface area contributed by atoms with Crippen LogP contribution in [-0.2, 0) is 11.2 Å². The van der Waals surface area contributed by atoms with Crippen LogP contribution in [0.15, 0.2) is 30.3 Å². The molecule has 1 atom stereocenters. The van der Waals surface area contributed by atoms with Crippen LogP contribution < -0.4 is 5.32 Å². The number of carbonyl (C=O) groups excluding carboxylic acids is 1. The first-order valence-electron chi connectivity index (χ1n) is 6.92. The average Bonchev–Trinajstić information content (AvgIpc) is 2.87. The number of amides is 1. The number of aliphatic hydroxyl groups excluding tert-OH is 1. The van der Waals surface area contributed by atoms with E-state index in [1.165, 1.54) is 5.56 Å². The summed E-state index contributed by atoms with van der Waals surface area (Å²) in [5.74, 6) is 0.423. The van der Waals surface area contributed by atoms with E-state index in [9.17, 15) is 4.79 Å². The van der Waals surface area contributed by atoms with E-state index in [1.807, 2.05) is 18.2 Å². The summed E-state index contributed by atoms with van der Waals surface area (Å²) in [6, 6.07) is 10.1. The lowest BCUT2D eigenvalue weighted by Gasteiger charge is -2.15. The highest BCUT2D eigenvalue weighted by Gasteiger charge is 2.22. The minimum absolute atomic E-state index is 0.0783. The van der Waals surface area contributed by atoms with E-state index < -0.39 is 0 Å². The Morgan fingerprint density at radius 1 is 1.37 bits per heavy atom. The highest BCUT2D eigenvalue weighted by molar-refractivity contribution is 5.78. The molecule has 0 radical (unpaired) electrons. The number of benzene rings is 1. The number of hydrogen-bond donors (Lipinski definition) is 2. The number of hydrogen-bond acceptors (Lipinski definition) is 3. The molecule has 1 amide bonds. The summed E-state index contributed by atoms with van der Waals surface area (Å²) in [7, 11) is 0. The fourth-order valence-corrected chi connectivity index (χ4v) is 2.46. The lowest BCUT2D eigenvalue weighted by atomic mass is 10.1. The maximum atomic E-state index is 11.8. The van der Waals surface area contributed by atoms with E-state index >= 15 is 0 Å². The molecule has 0 aliphatic carbocycles. The predicted molar refractivity (Wildman–Crippen MR) is 74.8 cm³/mol. The van der Waals surface area contributed by atoms with E-state index in [4.69, 9.17) is 5.11 Å². The third kappa shape index (κ3) is 4.65. The molecule has 4 nitrogen and oxygen atoms in total. The molecule has 104 valence electrons. The van der Waals surface area contributed by atoms with E-state index in [-0.39, 0.29) is 12.5 Å². The number of aliphatic hydroxyl groups is 1. The Balaban J connectivity index is 1.63. The van der Waals surface area contributed by atoms with Gasteiger partial charge in [0.1, 0.15) is 0 Å². The van der Waals surface area contributed by atoms with Crippen molar-refractivity contribution in [3.8, 4) is 0 Å². The second-order valence-corrected chi connectivity index (χ2v) is 5.16. The second kappa shape index (κ2) is 7.26. The van der Waals surface area contributed by atoms with Crippen LogP contribution in [-0.4, -0.2) is 48.7 Å². The van der Waals surface area contributed by atoms with Crippen molar-refractivity contribution in [2.24, 2.45) is 5.92 Å². The van der Waals surface area contributed by atoms with Crippen molar-refractivity contribution in [2.45, 2.75) is 12.8 Å². The van der Waals surface area contributed by atoms with Crippen molar-refractivity contribution in [1.82, 2.24) is 10.2 Å². The van der Waals surface area contributed by atoms with Crippen molar-refractivity contribution in [2.75, 3.05) is 32.8 Å². The van der Waals surface area contributed by atoms with Crippen LogP contribution in [0.4, 0.5) is 0 Å². The lowest BCUT2D eigenvalue weighted by Crippen LogP contribution is -2.37. The van der Waals surface area contributed by atoms with Crippen LogP contribution in [0.2, 0.25) is 0 Å². The summed E-state index contributed by atoms with van der Waals surface area (Å²) in [5, 5.41) is 12.0. The van der Waals surface area contributed by atoms with Gasteiger partial charge in [-0.1, -0.05) is 30.3 Å². The lowest BCUT2D eigenvalue weighted by molar-refractivity contribution is -0.122. The fourth-order valence-electron chi connectivity index (χ4n) is 2.46. The topological polar surface area (TPSA) is 52.6 Å². The third-order valence-corrected chi connectivity index (χ3v) is 3.57. The molecule has 0 saturated carbocycles. The van der Waals surface area contributed by atoms with Crippen LogP contribution in [0, 0.1) is 5.92 Å². The van der Waals surface area contributed by atoms with Crippen molar-refractivity contribution < 1.29 is 9.90 Å². The zero-order valence-electron chi connectivity index (χ0n) is 11.2. The molecule has 1 aliphatic heterocycles. The Hall–Kier alpha value is -1.39. The first-order chi connectivity index (χ1) is 9.28. The van der Waals surface area contributed by atoms with Gasteiger partial charge < -0.3 is 10.4 Å². The molecule has 1 aromatic rings. The molecule has 0 aromatic heterocycles. The van der Waals surface area contributed by atoms with E-state index in [2.05, 4.69) is 22.3 Å². The van der Waals surface area contributed by atoms with E-state index in [0.717, 1.165) is 25.9 Å². The molecule has 2 rings (SSSR count). The van der Waals surface area contributed by atoms with Crippen LogP contribution in [0.3, 0.4) is 0 Å². The number of nitrogens with one attached hydrogen (secondary N) is 1. The van der Waals surface area contributed by atoms with Gasteiger partial charge in [0, 0.05) is 19.7 Å². The Morgan fingerprint density at radius 3 is 2.84 bits per heavy atom. The summed E-state index contributed by atoms with van der Waals surface area (Å²) < 4.78 is 0. The molecule has 1 unspecified atom stereocenters. The maximum absolute atomic E-state index is 11.8. The van der Waals surface area contributed by atoms with Crippen LogP contribution in [0.25, 0.3) is 0 Å². The monoisotopic (exact) mass is 262 g/mol. The first kappa shape index (κ1) is 14.0. The largest absolute Gasteiger partial charge is 0.396 e. The third-order valence-electron chi connectivity index (χ3n) is 3.57. The highest BCUT2D eigenvalue weighted by atomic mass is 16.3. The number of nitrogens with zero attached hydrogens (tertiary/aromatic N) is 1. The van der Waals surface area contributed by atoms with Gasteiger partial charge in [0.2, 0.25) is 5.91 Å². The van der Waals surface area contributed by atoms with Gasteiger partial charge in [-0.3, -0.25) is 9.69 Å². The minimum atomic E-state index is 0.0783. The van der Waals surface area contributed by atoms with Crippen LogP contribution in [0.1, 0.15) is 12.0 Å². The molecule has 4 heteroatoms. The molecular weight excluding hydrogens is 240 g/mol. The van der Waals surface area contributed by atoms with Gasteiger partial charge >= 0.3 is 0 Å². The summed E-state index contributed by atoms with van der Waals surface area (Å²) in [6.45, 7) is 3.11. The van der Waals surface area contributed by atoms with Gasteiger partial charge in [-0.25, -0.2) is 0 Å². The van der Waals surface area contributed by atoms with E-state index in [0.29, 0.717) is 19.0 Å². The molecule has 2 N–H and O–H groups in total. The molecule has 1 aromatic carbocycles. The van der Waals surface area contributed by atoms with Gasteiger partial charge in [-0.15, -0.1) is 0 Å². The minimum Gasteiger partial charge on any atom is -0.396 e. The number of carbonyl (C=O) groups is 1. The Kier molecular flexibility index (Phi) is 5.36. The molecule has 0 spiro atoms. The number of likely N-dealkylation sites (tertiary alicyclic amines) is 1. The SMILES string of the molecule is O=C(CN1CCC(CO)C1)NCCc1ccccc1. The molecular formula is C15H22N2O2. The van der Waals surface area contributed by atoms with Crippen LogP contribution >= 0.6 is 0 Å². The number of rotatable bonds is 6. The molecule has 1 saturated heterocycles. The molecule has 1 heterocycles. The van der Waals surface area contributed by atoms with Crippen molar-refractivity contribution >= 4 is 5.91 Å². The van der Waals surface area contributed by atoms with Gasteiger partial charge in [0.05, 0.1) is 6.54 Å². The molecule has 19 heavy (non-hydrogen) atoms. The summed E-state index contributed by atoms with van der Waals surface area (Å²) in [4.78, 5) is 13.9. The fraction of sp³-hybridized carbons (Fsp3) is 0.533. The predicted octanol–water partition coefficient (Wildman–Crippen LogP) is 0.660. The van der Waals surface area contributed by atoms with Gasteiger partial charge in [-0.05, 0) is 30.9 Å². The standard InChI is InChI=1S/C15H22N2O2/c18-12-14-7-9-17(10-14)11-15(19)16-8-6-13-4-2-1-3-5-13/h1-5,14,18H,6-12H2,(H,16,19). The van der Waals surface area contributed by atoms with Crippen LogP contribution in [0.5, 0.6) is 0 Å². The van der Waals surface area contributed by atoms with Gasteiger partial charge in [0.25, 0.3) is 0 Å². The summed E-state index contributed by atoms with van der Waals surface area (Å²) in [6.07, 6.45) is 1.86. The zero-order chi connectivity index (χ0) is 13.5. The maximum Gasteiger partial charge on any atom is 0.234 e. The summed E-state index contributed by atoms with van der Waals surface area (Å²) >= 11 is 0. The van der Waals surface area contributed by atoms with E-state index in [1.54, 1.807) is 0 Å². The first-order valence-corrected chi connectivity index (χ1v) is 6.92. The molecule has 0 bridgehead atoms. The summed E-state index contributed by atoms with van der Waals surface area (Å²) in [5.41, 5.74) is 1.24. The Bertz CT molecular complexity index is 394. The van der Waals surface area contributed by atoms with Crippen molar-refractivity contribution in [1.29, 1.82) is 0 Å². The van der Waals surface area contributed by atoms with Gasteiger partial charge in [-0.2, -0.15) is 0 Å². The second-order valence-electron chi connectivity index (χ2n) is 5.16. The normalized spacial score (nSPS) is 19.5. The molecule has 1 fully saturated rings. The average molecular weight is 262 g/mol. The highest BCUT2D eigenvalue weighted by Crippen LogP contribution is 2.14. The van der Waals surface area contributed by atoms with Gasteiger partial charge in [0.15, 0.2) is 0 Å². The smallest absolute Gasteiger partial charge is 0.234 e. The zero-order valence-corrected chi connectivity index (χ0v) is 11.2. The quantitative estimate of drug-likeness (QED) is 0.792. The van der Waals surface area contributed by atoms with Crippen molar-refractivity contribution in [3.63, 3.8) is 0 Å². The van der Waals surface area contributed by atoms with Crippen molar-refractivity contribution in [3.05, 3.63) is 35.9 Å². The Morgan fingerprint density at radius 2 is 2.16 bits per heavy atom. The Labute approximate surface area is 114 Å². The molecule has 1 aliphatic rings.